The summed E-state index contributed by atoms with van der Waals surface area (Å²) in [6, 6.07) is 5.14. The van der Waals surface area contributed by atoms with Crippen LogP contribution in [0.2, 0.25) is 0 Å². The summed E-state index contributed by atoms with van der Waals surface area (Å²) in [4.78, 5) is -0.898. The maximum Gasteiger partial charge on any atom is 0.419 e. The van der Waals surface area contributed by atoms with Crippen LogP contribution in [0.1, 0.15) is 5.56 Å². The third-order valence-electron chi connectivity index (χ3n) is 2.53. The highest BCUT2D eigenvalue weighted by Crippen LogP contribution is 2.33. The molecule has 0 spiro atoms. The van der Waals surface area contributed by atoms with Crippen molar-refractivity contribution in [1.29, 1.82) is 0 Å². The van der Waals surface area contributed by atoms with E-state index in [9.17, 15) is 30.4 Å². The van der Waals surface area contributed by atoms with Gasteiger partial charge < -0.3 is 4.18 Å². The predicted molar refractivity (Wildman–Crippen MR) is 65.6 cm³/mol. The zero-order valence-electron chi connectivity index (χ0n) is 10.6. The molecule has 0 aliphatic rings. The molecule has 0 aromatic heterocycles. The molecule has 0 saturated carbocycles. The van der Waals surface area contributed by atoms with Crippen LogP contribution in [0.25, 0.3) is 0 Å². The summed E-state index contributed by atoms with van der Waals surface area (Å²) in [6.45, 7) is 0. The van der Waals surface area contributed by atoms with Crippen molar-refractivity contribution in [1.82, 2.24) is 0 Å². The Hall–Kier alpha value is -2.16. The predicted octanol–water partition coefficient (Wildman–Crippen LogP) is 3.75. The van der Waals surface area contributed by atoms with Crippen LogP contribution in [-0.4, -0.2) is 8.42 Å². The van der Waals surface area contributed by atoms with Crippen molar-refractivity contribution in [3.63, 3.8) is 0 Å². The van der Waals surface area contributed by atoms with Gasteiger partial charge in [0.1, 0.15) is 22.3 Å². The molecule has 0 fully saturated rings. The summed E-state index contributed by atoms with van der Waals surface area (Å²) in [5.74, 6) is -2.82. The van der Waals surface area contributed by atoms with Gasteiger partial charge >= 0.3 is 16.3 Å². The molecule has 22 heavy (non-hydrogen) atoms. The van der Waals surface area contributed by atoms with Crippen molar-refractivity contribution < 1.29 is 34.6 Å². The van der Waals surface area contributed by atoms with E-state index in [1.54, 1.807) is 0 Å². The molecule has 0 aliphatic carbocycles. The van der Waals surface area contributed by atoms with Crippen LogP contribution in [-0.2, 0) is 16.3 Å². The zero-order chi connectivity index (χ0) is 16.5. The summed E-state index contributed by atoms with van der Waals surface area (Å²) < 4.78 is 92.0. The number of halogens is 5. The molecule has 2 aromatic rings. The van der Waals surface area contributed by atoms with Gasteiger partial charge in [-0.05, 0) is 30.3 Å². The summed E-state index contributed by atoms with van der Waals surface area (Å²) in [6.07, 6.45) is -5.06. The first-order valence-electron chi connectivity index (χ1n) is 5.66. The second kappa shape index (κ2) is 5.56. The fourth-order valence-corrected chi connectivity index (χ4v) is 2.52. The highest BCUT2D eigenvalue weighted by atomic mass is 32.2. The minimum absolute atomic E-state index is 0.115. The molecule has 9 heteroatoms. The third-order valence-corrected chi connectivity index (χ3v) is 3.78. The van der Waals surface area contributed by atoms with Crippen LogP contribution in [0.3, 0.4) is 0 Å². The number of benzene rings is 2. The lowest BCUT2D eigenvalue weighted by Gasteiger charge is -2.11. The minimum atomic E-state index is -5.06. The molecule has 0 atom stereocenters. The maximum atomic E-state index is 13.1. The topological polar surface area (TPSA) is 43.4 Å². The van der Waals surface area contributed by atoms with Crippen LogP contribution in [0.4, 0.5) is 22.0 Å². The lowest BCUT2D eigenvalue weighted by molar-refractivity contribution is -0.140. The SMILES string of the molecule is O=S(=O)(Oc1cccc(F)c1)c1ccc(F)c(C(F)(F)F)c1. The fourth-order valence-electron chi connectivity index (χ4n) is 1.57. The van der Waals surface area contributed by atoms with Gasteiger partial charge in [0.05, 0.1) is 5.56 Å². The Morgan fingerprint density at radius 3 is 2.23 bits per heavy atom. The molecule has 0 unspecified atom stereocenters. The Morgan fingerprint density at radius 2 is 1.64 bits per heavy atom. The van der Waals surface area contributed by atoms with E-state index in [1.165, 1.54) is 0 Å². The first-order chi connectivity index (χ1) is 10.1. The number of rotatable bonds is 3. The van der Waals surface area contributed by atoms with Crippen molar-refractivity contribution in [3.05, 3.63) is 59.7 Å². The molecule has 3 nitrogen and oxygen atoms in total. The molecule has 0 bridgehead atoms. The van der Waals surface area contributed by atoms with Gasteiger partial charge in [-0.15, -0.1) is 0 Å². The van der Waals surface area contributed by atoms with Crippen LogP contribution in [0, 0.1) is 11.6 Å². The standard InChI is InChI=1S/C13H7F5O3S/c14-8-2-1-3-9(6-8)21-22(19,20)10-4-5-12(15)11(7-10)13(16,17)18/h1-7H. The van der Waals surface area contributed by atoms with Crippen LogP contribution >= 0.6 is 0 Å². The fraction of sp³-hybridized carbons (Fsp3) is 0.0769. The van der Waals surface area contributed by atoms with Crippen molar-refractivity contribution in [3.8, 4) is 5.75 Å². The summed E-state index contributed by atoms with van der Waals surface area (Å²) >= 11 is 0. The van der Waals surface area contributed by atoms with Gasteiger partial charge in [-0.1, -0.05) is 6.07 Å². The number of hydrogen-bond donors (Lipinski definition) is 0. The average Bonchev–Trinajstić information content (AvgIpc) is 2.36. The molecule has 118 valence electrons. The Balaban J connectivity index is 2.42. The van der Waals surface area contributed by atoms with E-state index in [4.69, 9.17) is 0 Å². The number of alkyl halides is 3. The second-order valence-electron chi connectivity index (χ2n) is 4.13. The molecule has 0 N–H and O–H groups in total. The quantitative estimate of drug-likeness (QED) is 0.632. The van der Waals surface area contributed by atoms with Gasteiger partial charge in [0, 0.05) is 6.07 Å². The van der Waals surface area contributed by atoms with Crippen molar-refractivity contribution >= 4 is 10.1 Å². The molecule has 2 rings (SSSR count). The molecule has 0 aliphatic heterocycles. The molecule has 0 radical (unpaired) electrons. The second-order valence-corrected chi connectivity index (χ2v) is 5.68. The van der Waals surface area contributed by atoms with Crippen LogP contribution in [0.15, 0.2) is 47.4 Å². The lowest BCUT2D eigenvalue weighted by atomic mass is 10.2. The zero-order valence-corrected chi connectivity index (χ0v) is 11.4. The summed E-state index contributed by atoms with van der Waals surface area (Å²) in [7, 11) is -4.66. The Morgan fingerprint density at radius 1 is 0.955 bits per heavy atom. The molecular formula is C13H7F5O3S. The maximum absolute atomic E-state index is 13.1. The molecule has 0 amide bonds. The van der Waals surface area contributed by atoms with Gasteiger partial charge in [0.2, 0.25) is 0 Å². The molecule has 0 heterocycles. The number of hydrogen-bond acceptors (Lipinski definition) is 3. The largest absolute Gasteiger partial charge is 0.419 e. The van der Waals surface area contributed by atoms with Gasteiger partial charge in [0.25, 0.3) is 0 Å². The highest BCUT2D eigenvalue weighted by molar-refractivity contribution is 7.87. The van der Waals surface area contributed by atoms with E-state index >= 15 is 0 Å². The van der Waals surface area contributed by atoms with Gasteiger partial charge in [-0.2, -0.15) is 21.6 Å². The van der Waals surface area contributed by atoms with Crippen molar-refractivity contribution in [2.45, 2.75) is 11.1 Å². The van der Waals surface area contributed by atoms with Crippen molar-refractivity contribution in [2.75, 3.05) is 0 Å². The first-order valence-corrected chi connectivity index (χ1v) is 7.07. The van der Waals surface area contributed by atoms with Gasteiger partial charge in [-0.3, -0.25) is 0 Å². The monoisotopic (exact) mass is 338 g/mol. The molecular weight excluding hydrogens is 331 g/mol. The van der Waals surface area contributed by atoms with E-state index in [-0.39, 0.29) is 6.07 Å². The molecule has 0 saturated heterocycles. The van der Waals surface area contributed by atoms with Crippen LogP contribution in [0.5, 0.6) is 5.75 Å². The van der Waals surface area contributed by atoms with E-state index in [0.29, 0.717) is 12.1 Å². The Kier molecular flexibility index (Phi) is 4.10. The lowest BCUT2D eigenvalue weighted by Crippen LogP contribution is -2.14. The van der Waals surface area contributed by atoms with Crippen LogP contribution < -0.4 is 4.18 Å². The normalized spacial score (nSPS) is 12.2. The smallest absolute Gasteiger partial charge is 0.379 e. The van der Waals surface area contributed by atoms with E-state index in [2.05, 4.69) is 4.18 Å². The highest BCUT2D eigenvalue weighted by Gasteiger charge is 2.35. The average molecular weight is 338 g/mol. The minimum Gasteiger partial charge on any atom is -0.379 e. The summed E-state index contributed by atoms with van der Waals surface area (Å²) in [5.41, 5.74) is -1.74. The van der Waals surface area contributed by atoms with E-state index in [0.717, 1.165) is 24.3 Å². The van der Waals surface area contributed by atoms with Crippen molar-refractivity contribution in [2.24, 2.45) is 0 Å². The van der Waals surface area contributed by atoms with Gasteiger partial charge in [-0.25, -0.2) is 8.78 Å². The van der Waals surface area contributed by atoms with E-state index in [1.807, 2.05) is 0 Å². The Labute approximate surface area is 122 Å². The van der Waals surface area contributed by atoms with Gasteiger partial charge in [0.15, 0.2) is 0 Å². The third kappa shape index (κ3) is 3.53. The summed E-state index contributed by atoms with van der Waals surface area (Å²) in [5, 5.41) is 0. The first kappa shape index (κ1) is 16.2. The van der Waals surface area contributed by atoms with E-state index < -0.39 is 44.1 Å². The molecule has 2 aromatic carbocycles. The Bertz CT molecular complexity index is 800.